The van der Waals surface area contributed by atoms with E-state index >= 15 is 0 Å². The summed E-state index contributed by atoms with van der Waals surface area (Å²) in [5, 5.41) is 9.36. The summed E-state index contributed by atoms with van der Waals surface area (Å²) in [6.07, 6.45) is 2.61. The molecule has 1 heterocycles. The molecule has 3 atom stereocenters. The van der Waals surface area contributed by atoms with Gasteiger partial charge in [-0.3, -0.25) is 4.79 Å². The van der Waals surface area contributed by atoms with E-state index in [0.29, 0.717) is 11.8 Å². The molecular formula is C15H17NO3. The summed E-state index contributed by atoms with van der Waals surface area (Å²) >= 11 is 0. The summed E-state index contributed by atoms with van der Waals surface area (Å²) in [6.45, 7) is 2.11. The number of aliphatic carboxylic acids is 1. The van der Waals surface area contributed by atoms with E-state index in [4.69, 9.17) is 4.42 Å². The molecule has 0 saturated heterocycles. The summed E-state index contributed by atoms with van der Waals surface area (Å²) in [5.41, 5.74) is 1.54. The van der Waals surface area contributed by atoms with Crippen LogP contribution in [0, 0.1) is 11.8 Å². The number of hydrogen-bond acceptors (Lipinski definition) is 3. The van der Waals surface area contributed by atoms with Crippen molar-refractivity contribution in [2.45, 2.75) is 32.1 Å². The number of rotatable bonds is 3. The van der Waals surface area contributed by atoms with Crippen molar-refractivity contribution < 1.29 is 14.3 Å². The summed E-state index contributed by atoms with van der Waals surface area (Å²) < 4.78 is 5.75. The van der Waals surface area contributed by atoms with Crippen molar-refractivity contribution >= 4 is 17.1 Å². The van der Waals surface area contributed by atoms with Gasteiger partial charge < -0.3 is 9.52 Å². The van der Waals surface area contributed by atoms with Gasteiger partial charge in [-0.05, 0) is 30.9 Å². The van der Waals surface area contributed by atoms with Gasteiger partial charge in [0, 0.05) is 5.92 Å². The van der Waals surface area contributed by atoms with Crippen LogP contribution in [0.5, 0.6) is 0 Å². The van der Waals surface area contributed by atoms with E-state index in [0.717, 1.165) is 30.4 Å². The van der Waals surface area contributed by atoms with E-state index in [2.05, 4.69) is 11.9 Å². The van der Waals surface area contributed by atoms with Gasteiger partial charge in [-0.25, -0.2) is 4.98 Å². The molecule has 1 aliphatic carbocycles. The Balaban J connectivity index is 1.97. The van der Waals surface area contributed by atoms with Crippen molar-refractivity contribution in [3.05, 3.63) is 30.2 Å². The third kappa shape index (κ3) is 2.11. The topological polar surface area (TPSA) is 63.3 Å². The van der Waals surface area contributed by atoms with Crippen LogP contribution in [0.25, 0.3) is 11.1 Å². The lowest BCUT2D eigenvalue weighted by Crippen LogP contribution is -2.17. The molecule has 1 saturated carbocycles. The van der Waals surface area contributed by atoms with Crippen LogP contribution in [0.2, 0.25) is 0 Å². The highest BCUT2D eigenvalue weighted by molar-refractivity contribution is 5.74. The number of carboxylic acids is 1. The van der Waals surface area contributed by atoms with Gasteiger partial charge in [0.25, 0.3) is 0 Å². The SMILES string of the molecule is CCC1CC(C(=O)O)C(c2nc3ccccc3o2)C1. The molecule has 19 heavy (non-hydrogen) atoms. The molecule has 2 aromatic rings. The van der Waals surface area contributed by atoms with Crippen LogP contribution < -0.4 is 0 Å². The van der Waals surface area contributed by atoms with Crippen LogP contribution in [-0.2, 0) is 4.79 Å². The second kappa shape index (κ2) is 4.68. The first-order chi connectivity index (χ1) is 9.19. The Kier molecular flexibility index (Phi) is 3.01. The van der Waals surface area contributed by atoms with Crippen molar-refractivity contribution in [2.75, 3.05) is 0 Å². The van der Waals surface area contributed by atoms with Gasteiger partial charge in [0.15, 0.2) is 11.5 Å². The molecular weight excluding hydrogens is 242 g/mol. The number of oxazole rings is 1. The summed E-state index contributed by atoms with van der Waals surface area (Å²) in [5.74, 6) is -0.137. The van der Waals surface area contributed by atoms with Crippen LogP contribution >= 0.6 is 0 Å². The molecule has 1 aliphatic rings. The predicted octanol–water partition coefficient (Wildman–Crippen LogP) is 3.43. The Morgan fingerprint density at radius 1 is 1.42 bits per heavy atom. The molecule has 1 N–H and O–H groups in total. The van der Waals surface area contributed by atoms with Crippen LogP contribution in [0.4, 0.5) is 0 Å². The van der Waals surface area contributed by atoms with Crippen LogP contribution in [0.3, 0.4) is 0 Å². The lowest BCUT2D eigenvalue weighted by atomic mass is 9.96. The fraction of sp³-hybridized carbons (Fsp3) is 0.467. The van der Waals surface area contributed by atoms with E-state index in [9.17, 15) is 9.90 Å². The number of hydrogen-bond donors (Lipinski definition) is 1. The second-order valence-corrected chi connectivity index (χ2v) is 5.32. The minimum atomic E-state index is -0.733. The van der Waals surface area contributed by atoms with E-state index in [1.54, 1.807) is 0 Å². The van der Waals surface area contributed by atoms with Crippen molar-refractivity contribution in [3.63, 3.8) is 0 Å². The third-order valence-electron chi connectivity index (χ3n) is 4.18. The van der Waals surface area contributed by atoms with Gasteiger partial charge in [0.05, 0.1) is 5.92 Å². The van der Waals surface area contributed by atoms with Crippen LogP contribution in [-0.4, -0.2) is 16.1 Å². The molecule has 1 fully saturated rings. The Morgan fingerprint density at radius 2 is 2.21 bits per heavy atom. The molecule has 0 aliphatic heterocycles. The van der Waals surface area contributed by atoms with E-state index in [1.165, 1.54) is 0 Å². The maximum atomic E-state index is 11.4. The number of benzene rings is 1. The highest BCUT2D eigenvalue weighted by Crippen LogP contribution is 2.44. The Labute approximate surface area is 111 Å². The molecule has 4 nitrogen and oxygen atoms in total. The van der Waals surface area contributed by atoms with Crippen molar-refractivity contribution in [3.8, 4) is 0 Å². The van der Waals surface area contributed by atoms with Gasteiger partial charge >= 0.3 is 5.97 Å². The van der Waals surface area contributed by atoms with Gasteiger partial charge in [0.1, 0.15) is 5.52 Å². The number of fused-ring (bicyclic) bond motifs is 1. The highest BCUT2D eigenvalue weighted by Gasteiger charge is 2.41. The Morgan fingerprint density at radius 3 is 2.89 bits per heavy atom. The highest BCUT2D eigenvalue weighted by atomic mass is 16.4. The van der Waals surface area contributed by atoms with Gasteiger partial charge in [-0.2, -0.15) is 0 Å². The minimum absolute atomic E-state index is 0.0881. The lowest BCUT2D eigenvalue weighted by Gasteiger charge is -2.10. The molecule has 0 bridgehead atoms. The average molecular weight is 259 g/mol. The van der Waals surface area contributed by atoms with Crippen LogP contribution in [0.15, 0.2) is 28.7 Å². The summed E-state index contributed by atoms with van der Waals surface area (Å²) in [4.78, 5) is 15.9. The molecule has 0 radical (unpaired) electrons. The Bertz CT molecular complexity index is 571. The van der Waals surface area contributed by atoms with Gasteiger partial charge in [-0.1, -0.05) is 25.5 Å². The number of carboxylic acid groups (broad SMARTS) is 1. The smallest absolute Gasteiger partial charge is 0.307 e. The number of carbonyl (C=O) groups is 1. The first-order valence-electron chi connectivity index (χ1n) is 6.77. The fourth-order valence-electron chi connectivity index (χ4n) is 3.07. The monoisotopic (exact) mass is 259 g/mol. The number of para-hydroxylation sites is 2. The molecule has 0 amide bonds. The van der Waals surface area contributed by atoms with Crippen molar-refractivity contribution in [2.24, 2.45) is 11.8 Å². The Hall–Kier alpha value is -1.84. The zero-order valence-electron chi connectivity index (χ0n) is 10.9. The molecule has 0 spiro atoms. The van der Waals surface area contributed by atoms with E-state index < -0.39 is 5.97 Å². The molecule has 100 valence electrons. The predicted molar refractivity (Wildman–Crippen MR) is 70.9 cm³/mol. The molecule has 3 rings (SSSR count). The largest absolute Gasteiger partial charge is 0.481 e. The zero-order valence-corrected chi connectivity index (χ0v) is 10.9. The minimum Gasteiger partial charge on any atom is -0.481 e. The van der Waals surface area contributed by atoms with Gasteiger partial charge in [-0.15, -0.1) is 0 Å². The first-order valence-corrected chi connectivity index (χ1v) is 6.77. The van der Waals surface area contributed by atoms with Crippen LogP contribution in [0.1, 0.15) is 38.0 Å². The quantitative estimate of drug-likeness (QED) is 0.917. The zero-order chi connectivity index (χ0) is 13.4. The number of aromatic nitrogens is 1. The van der Waals surface area contributed by atoms with Crippen molar-refractivity contribution in [1.82, 2.24) is 4.98 Å². The fourth-order valence-corrected chi connectivity index (χ4v) is 3.07. The van der Waals surface area contributed by atoms with E-state index in [-0.39, 0.29) is 11.8 Å². The summed E-state index contributed by atoms with van der Waals surface area (Å²) in [7, 11) is 0. The molecule has 4 heteroatoms. The second-order valence-electron chi connectivity index (χ2n) is 5.32. The van der Waals surface area contributed by atoms with Crippen molar-refractivity contribution in [1.29, 1.82) is 0 Å². The summed E-state index contributed by atoms with van der Waals surface area (Å²) in [6, 6.07) is 7.57. The maximum absolute atomic E-state index is 11.4. The molecule has 3 unspecified atom stereocenters. The molecule has 1 aromatic heterocycles. The maximum Gasteiger partial charge on any atom is 0.307 e. The average Bonchev–Trinajstić information content (AvgIpc) is 3.02. The standard InChI is InChI=1S/C15H17NO3/c1-2-9-7-10(11(8-9)15(17)18)14-16-12-5-3-4-6-13(12)19-14/h3-6,9-11H,2,7-8H2,1H3,(H,17,18). The van der Waals surface area contributed by atoms with Gasteiger partial charge in [0.2, 0.25) is 0 Å². The normalized spacial score (nSPS) is 26.9. The lowest BCUT2D eigenvalue weighted by molar-refractivity contribution is -0.142. The van der Waals surface area contributed by atoms with E-state index in [1.807, 2.05) is 24.3 Å². The first kappa shape index (κ1) is 12.2. The molecule has 1 aromatic carbocycles. The number of nitrogens with zero attached hydrogens (tertiary/aromatic N) is 1. The third-order valence-corrected chi connectivity index (χ3v) is 4.18.